The zero-order valence-corrected chi connectivity index (χ0v) is 8.60. The minimum atomic E-state index is -1.06. The number of aryl methyl sites for hydroxylation is 1. The highest BCUT2D eigenvalue weighted by Gasteiger charge is 2.08. The first-order chi connectivity index (χ1) is 7.65. The van der Waals surface area contributed by atoms with E-state index in [1.165, 1.54) is 6.20 Å². The Kier molecular flexibility index (Phi) is 2.59. The van der Waals surface area contributed by atoms with Gasteiger partial charge in [-0.1, -0.05) is 12.1 Å². The Bertz CT molecular complexity index is 519. The van der Waals surface area contributed by atoms with Crippen LogP contribution in [-0.2, 0) is 0 Å². The molecule has 0 bridgehead atoms. The molecular weight excluding hydrogens is 208 g/mol. The molecule has 5 nitrogen and oxygen atoms in total. The number of benzene rings is 1. The molecule has 2 N–H and O–H groups in total. The summed E-state index contributed by atoms with van der Waals surface area (Å²) in [7, 11) is 0. The Morgan fingerprint density at radius 1 is 1.50 bits per heavy atom. The fraction of sp³-hybridized carbons (Fsp3) is 0.0909. The van der Waals surface area contributed by atoms with Crippen molar-refractivity contribution in [2.24, 2.45) is 0 Å². The van der Waals surface area contributed by atoms with Gasteiger partial charge in [0.15, 0.2) is 0 Å². The summed E-state index contributed by atoms with van der Waals surface area (Å²) in [5, 5.41) is 8.68. The smallest absolute Gasteiger partial charge is 0.354 e. The highest BCUT2D eigenvalue weighted by Crippen LogP contribution is 2.19. The number of hydrogen-bond acceptors (Lipinski definition) is 3. The highest BCUT2D eigenvalue weighted by atomic mass is 16.5. The van der Waals surface area contributed by atoms with Crippen LogP contribution >= 0.6 is 0 Å². The minimum Gasteiger partial charge on any atom is -0.477 e. The summed E-state index contributed by atoms with van der Waals surface area (Å²) in [4.78, 5) is 16.9. The van der Waals surface area contributed by atoms with Gasteiger partial charge in [-0.15, -0.1) is 0 Å². The van der Waals surface area contributed by atoms with E-state index in [9.17, 15) is 4.79 Å². The Balaban J connectivity index is 2.17. The molecule has 0 spiro atoms. The number of ether oxygens (including phenoxy) is 1. The van der Waals surface area contributed by atoms with Gasteiger partial charge in [0, 0.05) is 0 Å². The number of aromatic carboxylic acids is 1. The van der Waals surface area contributed by atoms with Gasteiger partial charge in [-0.2, -0.15) is 0 Å². The van der Waals surface area contributed by atoms with Crippen LogP contribution in [-0.4, -0.2) is 21.0 Å². The van der Waals surface area contributed by atoms with Crippen LogP contribution in [0.1, 0.15) is 16.1 Å². The number of nitrogens with one attached hydrogen (secondary N) is 1. The zero-order valence-electron chi connectivity index (χ0n) is 8.60. The lowest BCUT2D eigenvalue weighted by atomic mass is 10.2. The third kappa shape index (κ3) is 2.20. The molecule has 1 aromatic carbocycles. The van der Waals surface area contributed by atoms with Gasteiger partial charge in [0.1, 0.15) is 11.4 Å². The minimum absolute atomic E-state index is 0.00246. The van der Waals surface area contributed by atoms with Gasteiger partial charge in [0.05, 0.1) is 6.20 Å². The lowest BCUT2D eigenvalue weighted by Gasteiger charge is -2.01. The van der Waals surface area contributed by atoms with Gasteiger partial charge >= 0.3 is 5.97 Å². The average molecular weight is 218 g/mol. The molecule has 0 saturated carbocycles. The van der Waals surface area contributed by atoms with Crippen molar-refractivity contribution >= 4 is 5.97 Å². The second-order valence-corrected chi connectivity index (χ2v) is 3.33. The van der Waals surface area contributed by atoms with Crippen molar-refractivity contribution < 1.29 is 14.6 Å². The van der Waals surface area contributed by atoms with E-state index < -0.39 is 5.97 Å². The SMILES string of the molecule is Cc1cccc(Oc2ncc(C(=O)O)[nH]2)c1. The molecule has 0 atom stereocenters. The molecule has 16 heavy (non-hydrogen) atoms. The second kappa shape index (κ2) is 4.06. The molecule has 0 aliphatic rings. The van der Waals surface area contributed by atoms with E-state index in [2.05, 4.69) is 9.97 Å². The molecule has 1 heterocycles. The number of carboxylic acids is 1. The number of aromatic amines is 1. The van der Waals surface area contributed by atoms with Gasteiger partial charge in [-0.25, -0.2) is 9.78 Å². The van der Waals surface area contributed by atoms with Crippen LogP contribution < -0.4 is 4.74 Å². The lowest BCUT2D eigenvalue weighted by molar-refractivity contribution is 0.0690. The number of carbonyl (C=O) groups is 1. The van der Waals surface area contributed by atoms with Crippen LogP contribution in [0.3, 0.4) is 0 Å². The van der Waals surface area contributed by atoms with Crippen LogP contribution in [0, 0.1) is 6.92 Å². The number of carboxylic acid groups (broad SMARTS) is 1. The first kappa shape index (κ1) is 10.2. The maximum absolute atomic E-state index is 10.6. The maximum Gasteiger partial charge on any atom is 0.354 e. The number of H-pyrrole nitrogens is 1. The quantitative estimate of drug-likeness (QED) is 0.828. The third-order valence-corrected chi connectivity index (χ3v) is 1.99. The predicted octanol–water partition coefficient (Wildman–Crippen LogP) is 2.21. The van der Waals surface area contributed by atoms with Crippen molar-refractivity contribution in [1.29, 1.82) is 0 Å². The fourth-order valence-electron chi connectivity index (χ4n) is 1.25. The first-order valence-corrected chi connectivity index (χ1v) is 4.68. The summed E-state index contributed by atoms with van der Waals surface area (Å²) in [5.74, 6) is -0.446. The largest absolute Gasteiger partial charge is 0.477 e. The topological polar surface area (TPSA) is 75.2 Å². The Labute approximate surface area is 91.7 Å². The van der Waals surface area contributed by atoms with E-state index in [1.54, 1.807) is 6.07 Å². The summed E-state index contributed by atoms with van der Waals surface area (Å²) in [6, 6.07) is 7.57. The molecule has 0 amide bonds. The van der Waals surface area contributed by atoms with E-state index in [0.717, 1.165) is 5.56 Å². The predicted molar refractivity (Wildman–Crippen MR) is 56.8 cm³/mol. The molecular formula is C11H10N2O3. The highest BCUT2D eigenvalue weighted by molar-refractivity contribution is 5.85. The molecule has 2 aromatic rings. The van der Waals surface area contributed by atoms with Crippen LogP contribution in [0.4, 0.5) is 0 Å². The van der Waals surface area contributed by atoms with E-state index in [-0.39, 0.29) is 11.7 Å². The van der Waals surface area contributed by atoms with E-state index >= 15 is 0 Å². The number of imidazole rings is 1. The molecule has 5 heteroatoms. The number of rotatable bonds is 3. The monoisotopic (exact) mass is 218 g/mol. The van der Waals surface area contributed by atoms with Crippen LogP contribution in [0.25, 0.3) is 0 Å². The maximum atomic E-state index is 10.6. The van der Waals surface area contributed by atoms with Gasteiger partial charge < -0.3 is 14.8 Å². The first-order valence-electron chi connectivity index (χ1n) is 4.68. The van der Waals surface area contributed by atoms with Gasteiger partial charge in [0.2, 0.25) is 0 Å². The summed E-state index contributed by atoms with van der Waals surface area (Å²) in [6.45, 7) is 1.94. The lowest BCUT2D eigenvalue weighted by Crippen LogP contribution is -1.95. The molecule has 0 saturated heterocycles. The third-order valence-electron chi connectivity index (χ3n) is 1.99. The molecule has 0 aliphatic heterocycles. The summed E-state index contributed by atoms with van der Waals surface area (Å²) < 4.78 is 5.36. The number of hydrogen-bond donors (Lipinski definition) is 2. The van der Waals surface area contributed by atoms with Crippen molar-refractivity contribution in [3.8, 4) is 11.8 Å². The van der Waals surface area contributed by atoms with E-state index in [1.807, 2.05) is 25.1 Å². The molecule has 2 rings (SSSR count). The van der Waals surface area contributed by atoms with E-state index in [0.29, 0.717) is 5.75 Å². The summed E-state index contributed by atoms with van der Waals surface area (Å²) in [6.07, 6.45) is 1.22. The van der Waals surface area contributed by atoms with Crippen molar-refractivity contribution in [2.75, 3.05) is 0 Å². The zero-order chi connectivity index (χ0) is 11.5. The van der Waals surface area contributed by atoms with Gasteiger partial charge in [0.25, 0.3) is 6.01 Å². The summed E-state index contributed by atoms with van der Waals surface area (Å²) in [5.41, 5.74) is 1.06. The van der Waals surface area contributed by atoms with Crippen molar-refractivity contribution in [2.45, 2.75) is 6.92 Å². The van der Waals surface area contributed by atoms with E-state index in [4.69, 9.17) is 9.84 Å². The average Bonchev–Trinajstić information content (AvgIpc) is 2.66. The Morgan fingerprint density at radius 3 is 2.94 bits per heavy atom. The number of nitrogens with zero attached hydrogens (tertiary/aromatic N) is 1. The Hall–Kier alpha value is -2.30. The van der Waals surface area contributed by atoms with Gasteiger partial charge in [-0.05, 0) is 24.6 Å². The molecule has 0 radical (unpaired) electrons. The Morgan fingerprint density at radius 2 is 2.31 bits per heavy atom. The van der Waals surface area contributed by atoms with Gasteiger partial charge in [-0.3, -0.25) is 0 Å². The van der Waals surface area contributed by atoms with Crippen molar-refractivity contribution in [1.82, 2.24) is 9.97 Å². The molecule has 0 unspecified atom stereocenters. The molecule has 1 aromatic heterocycles. The number of aromatic nitrogens is 2. The van der Waals surface area contributed by atoms with Crippen molar-refractivity contribution in [3.05, 3.63) is 41.7 Å². The molecule has 82 valence electrons. The standard InChI is InChI=1S/C11H10N2O3/c1-7-3-2-4-8(5-7)16-11-12-6-9(13-11)10(14)15/h2-6H,1H3,(H,12,13)(H,14,15). The van der Waals surface area contributed by atoms with Crippen LogP contribution in [0.5, 0.6) is 11.8 Å². The fourth-order valence-corrected chi connectivity index (χ4v) is 1.25. The second-order valence-electron chi connectivity index (χ2n) is 3.33. The van der Waals surface area contributed by atoms with Crippen LogP contribution in [0.2, 0.25) is 0 Å². The molecule has 0 fully saturated rings. The molecule has 0 aliphatic carbocycles. The van der Waals surface area contributed by atoms with Crippen molar-refractivity contribution in [3.63, 3.8) is 0 Å². The van der Waals surface area contributed by atoms with Crippen LogP contribution in [0.15, 0.2) is 30.5 Å². The summed E-state index contributed by atoms with van der Waals surface area (Å²) >= 11 is 0. The normalized spacial score (nSPS) is 10.1.